The van der Waals surface area contributed by atoms with Crippen molar-refractivity contribution >= 4 is 22.9 Å². The average molecular weight is 361 g/mol. The van der Waals surface area contributed by atoms with E-state index in [9.17, 15) is 9.18 Å². The Labute approximate surface area is 152 Å². The summed E-state index contributed by atoms with van der Waals surface area (Å²) in [5.41, 5.74) is 2.00. The van der Waals surface area contributed by atoms with Crippen molar-refractivity contribution in [3.63, 3.8) is 0 Å². The van der Waals surface area contributed by atoms with Crippen LogP contribution in [0.25, 0.3) is 0 Å². The molecule has 1 aromatic heterocycles. The molecule has 1 aliphatic rings. The van der Waals surface area contributed by atoms with Gasteiger partial charge in [-0.1, -0.05) is 0 Å². The summed E-state index contributed by atoms with van der Waals surface area (Å²) < 4.78 is 12.9. The molecule has 4 nitrogen and oxygen atoms in total. The lowest BCUT2D eigenvalue weighted by atomic mass is 10.2. The predicted octanol–water partition coefficient (Wildman–Crippen LogP) is 3.34. The summed E-state index contributed by atoms with van der Waals surface area (Å²) in [6.07, 6.45) is 1.06. The van der Waals surface area contributed by atoms with Crippen molar-refractivity contribution in [2.45, 2.75) is 19.9 Å². The third-order valence-electron chi connectivity index (χ3n) is 4.51. The van der Waals surface area contributed by atoms with Gasteiger partial charge in [-0.25, -0.2) is 4.39 Å². The average Bonchev–Trinajstić information content (AvgIpc) is 2.85. The van der Waals surface area contributed by atoms with Crippen LogP contribution in [0.2, 0.25) is 0 Å². The van der Waals surface area contributed by atoms with Crippen molar-refractivity contribution < 1.29 is 9.18 Å². The monoisotopic (exact) mass is 361 g/mol. The van der Waals surface area contributed by atoms with Crippen LogP contribution in [-0.4, -0.2) is 48.4 Å². The molecule has 0 spiro atoms. The molecular weight excluding hydrogens is 337 g/mol. The topological polar surface area (TPSA) is 35.6 Å². The van der Waals surface area contributed by atoms with Gasteiger partial charge < -0.3 is 5.32 Å². The van der Waals surface area contributed by atoms with Gasteiger partial charge in [-0.05, 0) is 67.7 Å². The van der Waals surface area contributed by atoms with E-state index >= 15 is 0 Å². The normalized spacial score (nSPS) is 16.6. The van der Waals surface area contributed by atoms with Crippen molar-refractivity contribution in [3.8, 4) is 0 Å². The van der Waals surface area contributed by atoms with Crippen LogP contribution in [0, 0.1) is 12.7 Å². The molecule has 134 valence electrons. The first-order valence-corrected chi connectivity index (χ1v) is 9.51. The fourth-order valence-electron chi connectivity index (χ4n) is 3.05. The Morgan fingerprint density at radius 1 is 1.12 bits per heavy atom. The minimum Gasteiger partial charge on any atom is -0.325 e. The number of hydrogen-bond donors (Lipinski definition) is 1. The van der Waals surface area contributed by atoms with Crippen molar-refractivity contribution in [2.24, 2.45) is 0 Å². The maximum absolute atomic E-state index is 12.9. The molecule has 1 fully saturated rings. The molecule has 0 atom stereocenters. The molecular formula is C19H24FN3OS. The maximum Gasteiger partial charge on any atom is 0.238 e. The molecule has 1 saturated heterocycles. The summed E-state index contributed by atoms with van der Waals surface area (Å²) in [6.45, 7) is 7.39. The molecule has 0 aliphatic carbocycles. The van der Waals surface area contributed by atoms with Crippen molar-refractivity contribution in [2.75, 3.05) is 38.0 Å². The number of halogens is 1. The number of amides is 1. The number of carbonyl (C=O) groups excluding carboxylic acids is 1. The second kappa shape index (κ2) is 8.56. The molecule has 2 heterocycles. The minimum atomic E-state index is -0.299. The Kier molecular flexibility index (Phi) is 6.18. The number of anilines is 1. The van der Waals surface area contributed by atoms with Crippen LogP contribution in [0.15, 0.2) is 35.7 Å². The Morgan fingerprint density at radius 2 is 1.84 bits per heavy atom. The molecule has 0 unspecified atom stereocenters. The molecule has 3 rings (SSSR count). The standard InChI is InChI=1S/C19H24FN3OS/c1-15-7-12-25-18(15)13-22-8-2-9-23(11-10-22)14-19(24)21-17-5-3-16(20)4-6-17/h3-7,12H,2,8-11,13-14H2,1H3,(H,21,24). The van der Waals surface area contributed by atoms with E-state index in [1.165, 1.54) is 22.6 Å². The van der Waals surface area contributed by atoms with Gasteiger partial charge in [0.1, 0.15) is 5.82 Å². The van der Waals surface area contributed by atoms with Gasteiger partial charge in [-0.3, -0.25) is 14.6 Å². The van der Waals surface area contributed by atoms with E-state index in [-0.39, 0.29) is 11.7 Å². The van der Waals surface area contributed by atoms with Gasteiger partial charge in [0, 0.05) is 30.2 Å². The van der Waals surface area contributed by atoms with E-state index in [0.29, 0.717) is 12.2 Å². The highest BCUT2D eigenvalue weighted by atomic mass is 32.1. The third kappa shape index (κ3) is 5.36. The summed E-state index contributed by atoms with van der Waals surface area (Å²) in [6, 6.07) is 8.05. The predicted molar refractivity (Wildman–Crippen MR) is 100 cm³/mol. The second-order valence-electron chi connectivity index (χ2n) is 6.49. The molecule has 25 heavy (non-hydrogen) atoms. The Hall–Kier alpha value is -1.76. The van der Waals surface area contributed by atoms with Gasteiger partial charge in [0.25, 0.3) is 0 Å². The fraction of sp³-hybridized carbons (Fsp3) is 0.421. The maximum atomic E-state index is 12.9. The first-order valence-electron chi connectivity index (χ1n) is 8.63. The quantitative estimate of drug-likeness (QED) is 0.887. The van der Waals surface area contributed by atoms with Gasteiger partial charge in [-0.15, -0.1) is 11.3 Å². The molecule has 2 aromatic rings. The number of nitrogens with one attached hydrogen (secondary N) is 1. The van der Waals surface area contributed by atoms with Crippen LogP contribution in [0.4, 0.5) is 10.1 Å². The van der Waals surface area contributed by atoms with E-state index in [1.54, 1.807) is 12.1 Å². The number of benzene rings is 1. The minimum absolute atomic E-state index is 0.0471. The van der Waals surface area contributed by atoms with Gasteiger partial charge in [-0.2, -0.15) is 0 Å². The summed E-state index contributed by atoms with van der Waals surface area (Å²) in [4.78, 5) is 18.3. The second-order valence-corrected chi connectivity index (χ2v) is 7.49. The van der Waals surface area contributed by atoms with E-state index in [4.69, 9.17) is 0 Å². The van der Waals surface area contributed by atoms with Crippen LogP contribution in [0.1, 0.15) is 16.9 Å². The lowest BCUT2D eigenvalue weighted by Gasteiger charge is -2.21. The molecule has 0 radical (unpaired) electrons. The van der Waals surface area contributed by atoms with Gasteiger partial charge in [0.15, 0.2) is 0 Å². The van der Waals surface area contributed by atoms with Gasteiger partial charge in [0.05, 0.1) is 6.54 Å². The number of carbonyl (C=O) groups is 1. The van der Waals surface area contributed by atoms with E-state index in [2.05, 4.69) is 33.5 Å². The van der Waals surface area contributed by atoms with Gasteiger partial charge >= 0.3 is 0 Å². The molecule has 1 aliphatic heterocycles. The highest BCUT2D eigenvalue weighted by Crippen LogP contribution is 2.18. The lowest BCUT2D eigenvalue weighted by Crippen LogP contribution is -2.36. The number of nitrogens with zero attached hydrogens (tertiary/aromatic N) is 2. The van der Waals surface area contributed by atoms with Crippen LogP contribution in [-0.2, 0) is 11.3 Å². The van der Waals surface area contributed by atoms with Crippen LogP contribution < -0.4 is 5.32 Å². The van der Waals surface area contributed by atoms with Gasteiger partial charge in [0.2, 0.25) is 5.91 Å². The van der Waals surface area contributed by atoms with E-state index in [0.717, 1.165) is 39.1 Å². The Bertz CT molecular complexity index is 701. The molecule has 6 heteroatoms. The van der Waals surface area contributed by atoms with Crippen molar-refractivity contribution in [3.05, 3.63) is 52.0 Å². The van der Waals surface area contributed by atoms with Crippen LogP contribution in [0.5, 0.6) is 0 Å². The van der Waals surface area contributed by atoms with E-state index in [1.807, 2.05) is 11.3 Å². The zero-order chi connectivity index (χ0) is 17.6. The summed E-state index contributed by atoms with van der Waals surface area (Å²) in [5.74, 6) is -0.347. The number of aryl methyl sites for hydroxylation is 1. The first kappa shape index (κ1) is 18.0. The highest BCUT2D eigenvalue weighted by molar-refractivity contribution is 7.10. The molecule has 1 aromatic carbocycles. The number of rotatable bonds is 5. The zero-order valence-electron chi connectivity index (χ0n) is 14.5. The SMILES string of the molecule is Cc1ccsc1CN1CCCN(CC(=O)Nc2ccc(F)cc2)CC1. The molecule has 1 N–H and O–H groups in total. The number of thiophene rings is 1. The summed E-state index contributed by atoms with van der Waals surface area (Å²) in [7, 11) is 0. The smallest absolute Gasteiger partial charge is 0.238 e. The number of hydrogen-bond acceptors (Lipinski definition) is 4. The molecule has 0 saturated carbocycles. The van der Waals surface area contributed by atoms with Crippen LogP contribution >= 0.6 is 11.3 Å². The molecule has 1 amide bonds. The summed E-state index contributed by atoms with van der Waals surface area (Å²) in [5, 5.41) is 4.98. The van der Waals surface area contributed by atoms with Crippen molar-refractivity contribution in [1.29, 1.82) is 0 Å². The van der Waals surface area contributed by atoms with E-state index < -0.39 is 0 Å². The Balaban J connectivity index is 1.47. The zero-order valence-corrected chi connectivity index (χ0v) is 15.3. The Morgan fingerprint density at radius 3 is 2.56 bits per heavy atom. The largest absolute Gasteiger partial charge is 0.325 e. The highest BCUT2D eigenvalue weighted by Gasteiger charge is 2.18. The first-order chi connectivity index (χ1) is 12.1. The third-order valence-corrected chi connectivity index (χ3v) is 5.52. The molecule has 0 bridgehead atoms. The van der Waals surface area contributed by atoms with Crippen LogP contribution in [0.3, 0.4) is 0 Å². The lowest BCUT2D eigenvalue weighted by molar-refractivity contribution is -0.117. The fourth-order valence-corrected chi connectivity index (χ4v) is 3.99. The van der Waals surface area contributed by atoms with Crippen molar-refractivity contribution in [1.82, 2.24) is 9.80 Å². The summed E-state index contributed by atoms with van der Waals surface area (Å²) >= 11 is 1.82.